The Bertz CT molecular complexity index is 551. The minimum atomic E-state index is 0.135. The van der Waals surface area contributed by atoms with Crippen molar-refractivity contribution in [1.29, 1.82) is 0 Å². The lowest BCUT2D eigenvalue weighted by Crippen LogP contribution is -2.23. The van der Waals surface area contributed by atoms with E-state index >= 15 is 0 Å². The minimum absolute atomic E-state index is 0.135. The molecule has 1 atom stereocenters. The van der Waals surface area contributed by atoms with Crippen molar-refractivity contribution in [2.75, 3.05) is 6.54 Å². The molecule has 4 heteroatoms. The van der Waals surface area contributed by atoms with Crippen LogP contribution in [-0.2, 0) is 0 Å². The van der Waals surface area contributed by atoms with E-state index in [0.717, 1.165) is 18.5 Å². The average molecular weight is 314 g/mol. The number of benzene rings is 1. The van der Waals surface area contributed by atoms with Crippen molar-refractivity contribution < 1.29 is 0 Å². The molecular formula is C15H17Cl2NS. The van der Waals surface area contributed by atoms with Crippen molar-refractivity contribution >= 4 is 34.5 Å². The van der Waals surface area contributed by atoms with Gasteiger partial charge in [0.05, 0.1) is 6.04 Å². The first-order valence-corrected chi connectivity index (χ1v) is 8.04. The van der Waals surface area contributed by atoms with Crippen molar-refractivity contribution in [1.82, 2.24) is 5.32 Å². The van der Waals surface area contributed by atoms with Crippen LogP contribution in [0.15, 0.2) is 29.0 Å². The monoisotopic (exact) mass is 313 g/mol. The van der Waals surface area contributed by atoms with Gasteiger partial charge in [-0.2, -0.15) is 11.3 Å². The molecule has 0 aliphatic carbocycles. The molecule has 1 nitrogen and oxygen atoms in total. The van der Waals surface area contributed by atoms with Gasteiger partial charge >= 0.3 is 0 Å². The Balaban J connectivity index is 2.40. The van der Waals surface area contributed by atoms with Gasteiger partial charge in [-0.15, -0.1) is 0 Å². The van der Waals surface area contributed by atoms with Gasteiger partial charge in [-0.3, -0.25) is 0 Å². The second-order valence-corrected chi connectivity index (χ2v) is 6.15. The SMILES string of the molecule is CCCNC(c1cscc1C)c1ccc(Cl)cc1Cl. The third-order valence-corrected chi connectivity index (χ3v) is 4.52. The zero-order valence-electron chi connectivity index (χ0n) is 11.0. The van der Waals surface area contributed by atoms with Gasteiger partial charge < -0.3 is 5.32 Å². The molecule has 1 heterocycles. The molecule has 0 radical (unpaired) electrons. The van der Waals surface area contributed by atoms with Gasteiger partial charge in [0.15, 0.2) is 0 Å². The zero-order valence-corrected chi connectivity index (χ0v) is 13.4. The van der Waals surface area contributed by atoms with E-state index in [1.165, 1.54) is 11.1 Å². The summed E-state index contributed by atoms with van der Waals surface area (Å²) in [7, 11) is 0. The topological polar surface area (TPSA) is 12.0 Å². The number of hydrogen-bond donors (Lipinski definition) is 1. The number of nitrogens with one attached hydrogen (secondary N) is 1. The molecular weight excluding hydrogens is 297 g/mol. The normalized spacial score (nSPS) is 12.6. The highest BCUT2D eigenvalue weighted by molar-refractivity contribution is 7.08. The van der Waals surface area contributed by atoms with Crippen molar-refractivity contribution in [3.63, 3.8) is 0 Å². The molecule has 2 aromatic rings. The first-order chi connectivity index (χ1) is 9.13. The first kappa shape index (κ1) is 14.9. The summed E-state index contributed by atoms with van der Waals surface area (Å²) in [5.74, 6) is 0. The minimum Gasteiger partial charge on any atom is -0.306 e. The summed E-state index contributed by atoms with van der Waals surface area (Å²) in [5.41, 5.74) is 3.67. The summed E-state index contributed by atoms with van der Waals surface area (Å²) in [6.45, 7) is 5.25. The fourth-order valence-electron chi connectivity index (χ4n) is 2.08. The maximum Gasteiger partial charge on any atom is 0.0602 e. The molecule has 1 aromatic heterocycles. The Hall–Kier alpha value is -0.540. The number of thiophene rings is 1. The second-order valence-electron chi connectivity index (χ2n) is 4.56. The van der Waals surface area contributed by atoms with Gasteiger partial charge in [-0.05, 0) is 59.5 Å². The first-order valence-electron chi connectivity index (χ1n) is 6.34. The maximum atomic E-state index is 6.35. The van der Waals surface area contributed by atoms with Crippen LogP contribution in [0.4, 0.5) is 0 Å². The zero-order chi connectivity index (χ0) is 13.8. The molecule has 0 amide bonds. The van der Waals surface area contributed by atoms with Gasteiger partial charge in [-0.25, -0.2) is 0 Å². The van der Waals surface area contributed by atoms with E-state index in [4.69, 9.17) is 23.2 Å². The largest absolute Gasteiger partial charge is 0.306 e. The van der Waals surface area contributed by atoms with E-state index in [1.807, 2.05) is 12.1 Å². The van der Waals surface area contributed by atoms with Crippen LogP contribution in [0.2, 0.25) is 10.0 Å². The van der Waals surface area contributed by atoms with Crippen LogP contribution in [0.1, 0.15) is 36.1 Å². The van der Waals surface area contributed by atoms with Crippen molar-refractivity contribution in [2.45, 2.75) is 26.3 Å². The van der Waals surface area contributed by atoms with Crippen LogP contribution >= 0.6 is 34.5 Å². The highest BCUT2D eigenvalue weighted by atomic mass is 35.5. The summed E-state index contributed by atoms with van der Waals surface area (Å²) in [5, 5.41) is 9.31. The van der Waals surface area contributed by atoms with Gasteiger partial charge in [0, 0.05) is 10.0 Å². The van der Waals surface area contributed by atoms with Gasteiger partial charge in [0.2, 0.25) is 0 Å². The summed E-state index contributed by atoms with van der Waals surface area (Å²) in [6, 6.07) is 5.84. The molecule has 1 N–H and O–H groups in total. The molecule has 0 aliphatic heterocycles. The van der Waals surface area contributed by atoms with Crippen LogP contribution in [0, 0.1) is 6.92 Å². The Morgan fingerprint density at radius 3 is 2.58 bits per heavy atom. The van der Waals surface area contributed by atoms with Gasteiger partial charge in [0.25, 0.3) is 0 Å². The lowest BCUT2D eigenvalue weighted by Gasteiger charge is -2.20. The van der Waals surface area contributed by atoms with E-state index < -0.39 is 0 Å². The number of aryl methyl sites for hydroxylation is 1. The summed E-state index contributed by atoms with van der Waals surface area (Å²) < 4.78 is 0. The Morgan fingerprint density at radius 2 is 2.00 bits per heavy atom. The molecule has 2 rings (SSSR count). The van der Waals surface area contributed by atoms with E-state index in [9.17, 15) is 0 Å². The number of hydrogen-bond acceptors (Lipinski definition) is 2. The maximum absolute atomic E-state index is 6.35. The third-order valence-electron chi connectivity index (χ3n) is 3.08. The van der Waals surface area contributed by atoms with Crippen LogP contribution in [-0.4, -0.2) is 6.54 Å². The lowest BCUT2D eigenvalue weighted by atomic mass is 9.98. The summed E-state index contributed by atoms with van der Waals surface area (Å²) >= 11 is 14.1. The molecule has 0 saturated heterocycles. The van der Waals surface area contributed by atoms with Crippen LogP contribution in [0.5, 0.6) is 0 Å². The highest BCUT2D eigenvalue weighted by Crippen LogP contribution is 2.33. The number of rotatable bonds is 5. The fourth-order valence-corrected chi connectivity index (χ4v) is 3.47. The molecule has 19 heavy (non-hydrogen) atoms. The predicted molar refractivity (Wildman–Crippen MR) is 85.7 cm³/mol. The standard InChI is InChI=1S/C15H17Cl2NS/c1-3-6-18-15(13-9-19-8-10(13)2)12-5-4-11(16)7-14(12)17/h4-5,7-9,15,18H,3,6H2,1-2H3. The lowest BCUT2D eigenvalue weighted by molar-refractivity contribution is 0.598. The molecule has 1 unspecified atom stereocenters. The van der Waals surface area contributed by atoms with Crippen molar-refractivity contribution in [2.24, 2.45) is 0 Å². The third kappa shape index (κ3) is 3.51. The van der Waals surface area contributed by atoms with Crippen LogP contribution < -0.4 is 5.32 Å². The second kappa shape index (κ2) is 6.76. The molecule has 0 saturated carbocycles. The van der Waals surface area contributed by atoms with E-state index in [0.29, 0.717) is 10.0 Å². The molecule has 0 bridgehead atoms. The van der Waals surface area contributed by atoms with E-state index in [-0.39, 0.29) is 6.04 Å². The average Bonchev–Trinajstić information content (AvgIpc) is 2.78. The highest BCUT2D eigenvalue weighted by Gasteiger charge is 2.18. The van der Waals surface area contributed by atoms with Gasteiger partial charge in [0.1, 0.15) is 0 Å². The molecule has 1 aromatic carbocycles. The summed E-state index contributed by atoms with van der Waals surface area (Å²) in [4.78, 5) is 0. The van der Waals surface area contributed by atoms with Crippen LogP contribution in [0.3, 0.4) is 0 Å². The molecule has 0 aliphatic rings. The molecule has 102 valence electrons. The Labute approximate surface area is 128 Å². The van der Waals surface area contributed by atoms with E-state index in [1.54, 1.807) is 17.4 Å². The van der Waals surface area contributed by atoms with Crippen LogP contribution in [0.25, 0.3) is 0 Å². The van der Waals surface area contributed by atoms with Gasteiger partial charge in [-0.1, -0.05) is 36.2 Å². The fraction of sp³-hybridized carbons (Fsp3) is 0.333. The van der Waals surface area contributed by atoms with E-state index in [2.05, 4.69) is 29.9 Å². The van der Waals surface area contributed by atoms with Crippen molar-refractivity contribution in [3.05, 3.63) is 55.7 Å². The quantitative estimate of drug-likeness (QED) is 0.773. The summed E-state index contributed by atoms with van der Waals surface area (Å²) in [6.07, 6.45) is 1.09. The Kier molecular flexibility index (Phi) is 5.28. The smallest absolute Gasteiger partial charge is 0.0602 e. The predicted octanol–water partition coefficient (Wildman–Crippen LogP) is 5.45. The molecule has 0 fully saturated rings. The van der Waals surface area contributed by atoms with Crippen molar-refractivity contribution in [3.8, 4) is 0 Å². The Morgan fingerprint density at radius 1 is 1.21 bits per heavy atom. The molecule has 0 spiro atoms. The number of halogens is 2.